The number of nitrogens with zero attached hydrogens (tertiary/aromatic N) is 2. The van der Waals surface area contributed by atoms with Crippen LogP contribution in [0.3, 0.4) is 0 Å². The number of hydrogen-bond donors (Lipinski definition) is 1. The smallest absolute Gasteiger partial charge is 0.232 e. The normalized spacial score (nSPS) is 11.5. The Morgan fingerprint density at radius 1 is 1.18 bits per heavy atom. The van der Waals surface area contributed by atoms with Gasteiger partial charge in [0.05, 0.1) is 5.75 Å². The van der Waals surface area contributed by atoms with E-state index < -0.39 is 10.0 Å². The van der Waals surface area contributed by atoms with E-state index >= 15 is 0 Å². The fraction of sp³-hybridized carbons (Fsp3) is 0.500. The van der Waals surface area contributed by atoms with Gasteiger partial charge >= 0.3 is 0 Å². The Hall–Kier alpha value is -0.300. The first-order valence-corrected chi connectivity index (χ1v) is 7.63. The highest BCUT2D eigenvalue weighted by Crippen LogP contribution is 2.26. The molecular formula is C8H10Cl3N3O2S. The highest BCUT2D eigenvalue weighted by atomic mass is 35.5. The van der Waals surface area contributed by atoms with Gasteiger partial charge in [-0.2, -0.15) is 0 Å². The van der Waals surface area contributed by atoms with Gasteiger partial charge in [0.25, 0.3) is 0 Å². The quantitative estimate of drug-likeness (QED) is 0.497. The van der Waals surface area contributed by atoms with Crippen LogP contribution < -0.4 is 4.72 Å². The van der Waals surface area contributed by atoms with Crippen LogP contribution in [0, 0.1) is 0 Å². The zero-order valence-electron chi connectivity index (χ0n) is 8.66. The summed E-state index contributed by atoms with van der Waals surface area (Å²) in [5, 5.41) is -0.0724. The third kappa shape index (κ3) is 4.83. The second-order valence-corrected chi connectivity index (χ2v) is 6.08. The molecule has 0 aliphatic carbocycles. The van der Waals surface area contributed by atoms with Crippen molar-refractivity contribution in [3.8, 4) is 0 Å². The number of unbranched alkanes of at least 4 members (excludes halogenated alkanes) is 1. The minimum atomic E-state index is -3.51. The lowest BCUT2D eigenvalue weighted by atomic mass is 10.4. The molecule has 1 rings (SSSR count). The van der Waals surface area contributed by atoms with Crippen LogP contribution in [0.4, 0.5) is 5.69 Å². The number of alkyl halides is 1. The zero-order valence-corrected chi connectivity index (χ0v) is 11.7. The Labute approximate surface area is 115 Å². The Balaban J connectivity index is 2.76. The molecule has 0 fully saturated rings. The molecule has 0 saturated heterocycles. The van der Waals surface area contributed by atoms with Crippen LogP contribution in [0.5, 0.6) is 0 Å². The molecule has 5 nitrogen and oxygen atoms in total. The van der Waals surface area contributed by atoms with E-state index in [1.54, 1.807) is 0 Å². The van der Waals surface area contributed by atoms with Crippen LogP contribution in [0.25, 0.3) is 0 Å². The Morgan fingerprint density at radius 2 is 1.76 bits per heavy atom. The number of rotatable bonds is 6. The molecule has 1 N–H and O–H groups in total. The lowest BCUT2D eigenvalue weighted by molar-refractivity contribution is 0.598. The molecule has 0 amide bonds. The maximum atomic E-state index is 11.7. The van der Waals surface area contributed by atoms with Crippen LogP contribution in [-0.4, -0.2) is 30.0 Å². The van der Waals surface area contributed by atoms with Gasteiger partial charge in [-0.3, -0.25) is 4.72 Å². The molecule has 1 heterocycles. The molecule has 1 aromatic heterocycles. The van der Waals surface area contributed by atoms with E-state index in [0.717, 1.165) is 6.33 Å². The Bertz CT molecular complexity index is 461. The Kier molecular flexibility index (Phi) is 5.72. The van der Waals surface area contributed by atoms with E-state index in [-0.39, 0.29) is 21.7 Å². The number of aromatic nitrogens is 2. The van der Waals surface area contributed by atoms with Crippen molar-refractivity contribution in [1.82, 2.24) is 9.97 Å². The number of sulfonamides is 1. The summed E-state index contributed by atoms with van der Waals surface area (Å²) in [7, 11) is -3.51. The SMILES string of the molecule is O=S(=O)(CCCCCl)Nc1c(Cl)ncnc1Cl. The van der Waals surface area contributed by atoms with Gasteiger partial charge in [0, 0.05) is 5.88 Å². The van der Waals surface area contributed by atoms with Crippen LogP contribution >= 0.6 is 34.8 Å². The minimum Gasteiger partial charge on any atom is -0.278 e. The van der Waals surface area contributed by atoms with Crippen LogP contribution in [0.15, 0.2) is 6.33 Å². The summed E-state index contributed by atoms with van der Waals surface area (Å²) < 4.78 is 25.6. The van der Waals surface area contributed by atoms with Gasteiger partial charge in [0.1, 0.15) is 12.0 Å². The first-order valence-electron chi connectivity index (χ1n) is 4.68. The lowest BCUT2D eigenvalue weighted by Crippen LogP contribution is -2.17. The van der Waals surface area contributed by atoms with Gasteiger partial charge < -0.3 is 0 Å². The molecule has 0 radical (unpaired) electrons. The average molecular weight is 319 g/mol. The molecule has 0 aliphatic heterocycles. The highest BCUT2D eigenvalue weighted by molar-refractivity contribution is 7.92. The third-order valence-corrected chi connectivity index (χ3v) is 3.99. The van der Waals surface area contributed by atoms with E-state index in [1.165, 1.54) is 0 Å². The molecule has 0 aliphatic rings. The van der Waals surface area contributed by atoms with Crippen molar-refractivity contribution >= 4 is 50.5 Å². The van der Waals surface area contributed by atoms with Crippen molar-refractivity contribution in [2.24, 2.45) is 0 Å². The molecule has 0 bridgehead atoms. The average Bonchev–Trinajstić information content (AvgIpc) is 2.24. The first kappa shape index (κ1) is 14.8. The zero-order chi connectivity index (χ0) is 12.9. The molecule has 0 unspecified atom stereocenters. The summed E-state index contributed by atoms with van der Waals surface area (Å²) in [4.78, 5) is 7.28. The van der Waals surface area contributed by atoms with Gasteiger partial charge in [0.15, 0.2) is 10.3 Å². The van der Waals surface area contributed by atoms with Crippen molar-refractivity contribution in [1.29, 1.82) is 0 Å². The molecule has 0 atom stereocenters. The molecule has 1 aromatic rings. The van der Waals surface area contributed by atoms with Gasteiger partial charge in [0.2, 0.25) is 10.0 Å². The van der Waals surface area contributed by atoms with E-state index in [1.807, 2.05) is 0 Å². The second kappa shape index (κ2) is 6.58. The van der Waals surface area contributed by atoms with E-state index in [9.17, 15) is 8.42 Å². The summed E-state index contributed by atoms with van der Waals surface area (Å²) in [5.74, 6) is 0.368. The minimum absolute atomic E-state index is 0.00158. The number of hydrogen-bond acceptors (Lipinski definition) is 4. The van der Waals surface area contributed by atoms with Gasteiger partial charge in [-0.25, -0.2) is 18.4 Å². The molecule has 96 valence electrons. The predicted molar refractivity (Wildman–Crippen MR) is 69.4 cm³/mol. The standard InChI is InChI=1S/C8H10Cl3N3O2S/c9-3-1-2-4-17(15,16)14-6-7(10)12-5-13-8(6)11/h5,14H,1-4H2. The second-order valence-electron chi connectivity index (χ2n) is 3.15. The van der Waals surface area contributed by atoms with Gasteiger partial charge in [-0.1, -0.05) is 23.2 Å². The molecule has 0 spiro atoms. The summed E-state index contributed by atoms with van der Waals surface area (Å²) in [6.07, 6.45) is 2.23. The van der Waals surface area contributed by atoms with Crippen LogP contribution in [-0.2, 0) is 10.0 Å². The maximum absolute atomic E-state index is 11.7. The fourth-order valence-electron chi connectivity index (χ4n) is 1.02. The Morgan fingerprint density at radius 3 is 2.29 bits per heavy atom. The topological polar surface area (TPSA) is 72.0 Å². The summed E-state index contributed by atoms with van der Waals surface area (Å²) >= 11 is 16.9. The third-order valence-electron chi connectivity index (χ3n) is 1.81. The first-order chi connectivity index (χ1) is 7.96. The van der Waals surface area contributed by atoms with Crippen LogP contribution in [0.2, 0.25) is 10.3 Å². The van der Waals surface area contributed by atoms with Gasteiger partial charge in [-0.05, 0) is 12.8 Å². The van der Waals surface area contributed by atoms with Crippen molar-refractivity contribution in [2.75, 3.05) is 16.4 Å². The largest absolute Gasteiger partial charge is 0.278 e. The number of nitrogens with one attached hydrogen (secondary N) is 1. The van der Waals surface area contributed by atoms with Crippen molar-refractivity contribution in [3.05, 3.63) is 16.6 Å². The maximum Gasteiger partial charge on any atom is 0.232 e. The molecular weight excluding hydrogens is 309 g/mol. The van der Waals surface area contributed by atoms with Crippen molar-refractivity contribution in [3.63, 3.8) is 0 Å². The van der Waals surface area contributed by atoms with Crippen molar-refractivity contribution in [2.45, 2.75) is 12.8 Å². The van der Waals surface area contributed by atoms with E-state index in [0.29, 0.717) is 18.7 Å². The summed E-state index contributed by atoms with van der Waals surface area (Å²) in [5.41, 5.74) is 0.00158. The molecule has 0 aromatic carbocycles. The van der Waals surface area contributed by atoms with Gasteiger partial charge in [-0.15, -0.1) is 11.6 Å². The van der Waals surface area contributed by atoms with Crippen molar-refractivity contribution < 1.29 is 8.42 Å². The fourth-order valence-corrected chi connectivity index (χ4v) is 2.92. The summed E-state index contributed by atoms with van der Waals surface area (Å²) in [6, 6.07) is 0. The van der Waals surface area contributed by atoms with E-state index in [2.05, 4.69) is 14.7 Å². The van der Waals surface area contributed by atoms with E-state index in [4.69, 9.17) is 34.8 Å². The molecule has 9 heteroatoms. The summed E-state index contributed by atoms with van der Waals surface area (Å²) in [6.45, 7) is 0. The highest BCUT2D eigenvalue weighted by Gasteiger charge is 2.16. The monoisotopic (exact) mass is 317 g/mol. The number of anilines is 1. The predicted octanol–water partition coefficient (Wildman–Crippen LogP) is 2.54. The molecule has 17 heavy (non-hydrogen) atoms. The molecule has 0 saturated carbocycles. The van der Waals surface area contributed by atoms with Crippen LogP contribution in [0.1, 0.15) is 12.8 Å². The number of halogens is 3. The lowest BCUT2D eigenvalue weighted by Gasteiger charge is -2.09.